The Morgan fingerprint density at radius 3 is 2.55 bits per heavy atom. The Morgan fingerprint density at radius 1 is 1.45 bits per heavy atom. The highest BCUT2D eigenvalue weighted by Crippen LogP contribution is 2.24. The lowest BCUT2D eigenvalue weighted by Gasteiger charge is -2.04. The SMILES string of the molecule is Cc1cccc(NN)c1Br.Cl. The van der Waals surface area contributed by atoms with Crippen molar-refractivity contribution in [1.82, 2.24) is 0 Å². The van der Waals surface area contributed by atoms with Crippen molar-refractivity contribution in [2.75, 3.05) is 5.43 Å². The van der Waals surface area contributed by atoms with Gasteiger partial charge in [0.1, 0.15) is 0 Å². The number of rotatable bonds is 1. The first-order chi connectivity index (χ1) is 4.75. The fraction of sp³-hybridized carbons (Fsp3) is 0.143. The van der Waals surface area contributed by atoms with E-state index < -0.39 is 0 Å². The summed E-state index contributed by atoms with van der Waals surface area (Å²) in [4.78, 5) is 0. The summed E-state index contributed by atoms with van der Waals surface area (Å²) in [7, 11) is 0. The Balaban J connectivity index is 0.000001000. The largest absolute Gasteiger partial charge is 0.323 e. The maximum atomic E-state index is 5.24. The standard InChI is InChI=1S/C7H9BrN2.ClH/c1-5-3-2-4-6(10-9)7(5)8;/h2-4,10H,9H2,1H3;1H. The summed E-state index contributed by atoms with van der Waals surface area (Å²) in [6.07, 6.45) is 0. The van der Waals surface area contributed by atoms with Crippen LogP contribution in [-0.4, -0.2) is 0 Å². The van der Waals surface area contributed by atoms with E-state index in [1.165, 1.54) is 5.56 Å². The molecule has 0 amide bonds. The van der Waals surface area contributed by atoms with Gasteiger partial charge < -0.3 is 5.43 Å². The number of anilines is 1. The second-order valence-electron chi connectivity index (χ2n) is 2.08. The average Bonchev–Trinajstić information content (AvgIpc) is 1.95. The van der Waals surface area contributed by atoms with Gasteiger partial charge in [0.15, 0.2) is 0 Å². The Morgan fingerprint density at radius 2 is 2.09 bits per heavy atom. The summed E-state index contributed by atoms with van der Waals surface area (Å²) in [5.74, 6) is 5.24. The molecule has 0 heterocycles. The number of benzene rings is 1. The number of hydrazine groups is 1. The first-order valence-electron chi connectivity index (χ1n) is 2.97. The zero-order valence-electron chi connectivity index (χ0n) is 6.10. The Labute approximate surface area is 80.7 Å². The molecule has 2 nitrogen and oxygen atoms in total. The fourth-order valence-corrected chi connectivity index (χ4v) is 1.14. The van der Waals surface area contributed by atoms with E-state index in [9.17, 15) is 0 Å². The third-order valence-corrected chi connectivity index (χ3v) is 2.40. The maximum absolute atomic E-state index is 5.24. The highest BCUT2D eigenvalue weighted by molar-refractivity contribution is 9.10. The Hall–Kier alpha value is -0.250. The molecule has 3 N–H and O–H groups in total. The van der Waals surface area contributed by atoms with Gasteiger partial charge in [0.25, 0.3) is 0 Å². The summed E-state index contributed by atoms with van der Waals surface area (Å²) >= 11 is 3.40. The van der Waals surface area contributed by atoms with Crippen molar-refractivity contribution in [3.63, 3.8) is 0 Å². The predicted octanol–water partition coefficient (Wildman–Crippen LogP) is 2.46. The van der Waals surface area contributed by atoms with Crippen LogP contribution in [0.2, 0.25) is 0 Å². The number of hydrogen-bond acceptors (Lipinski definition) is 2. The lowest BCUT2D eigenvalue weighted by Crippen LogP contribution is -2.07. The first-order valence-corrected chi connectivity index (χ1v) is 3.76. The van der Waals surface area contributed by atoms with Gasteiger partial charge in [-0.3, -0.25) is 5.84 Å². The van der Waals surface area contributed by atoms with Crippen molar-refractivity contribution < 1.29 is 0 Å². The Bertz CT molecular complexity index is 240. The maximum Gasteiger partial charge on any atom is 0.0629 e. The van der Waals surface area contributed by atoms with E-state index in [1.807, 2.05) is 25.1 Å². The number of aryl methyl sites for hydroxylation is 1. The summed E-state index contributed by atoms with van der Waals surface area (Å²) < 4.78 is 1.03. The van der Waals surface area contributed by atoms with Crippen molar-refractivity contribution in [3.8, 4) is 0 Å². The molecule has 0 aromatic heterocycles. The number of halogens is 2. The molecule has 0 aliphatic heterocycles. The van der Waals surface area contributed by atoms with E-state index in [0.29, 0.717) is 0 Å². The minimum atomic E-state index is 0. The molecule has 0 fully saturated rings. The van der Waals surface area contributed by atoms with Gasteiger partial charge in [0.05, 0.1) is 5.69 Å². The smallest absolute Gasteiger partial charge is 0.0629 e. The van der Waals surface area contributed by atoms with Crippen LogP contribution in [0.15, 0.2) is 22.7 Å². The third-order valence-electron chi connectivity index (χ3n) is 1.35. The highest BCUT2D eigenvalue weighted by atomic mass is 79.9. The molecule has 0 atom stereocenters. The van der Waals surface area contributed by atoms with Gasteiger partial charge in [0.2, 0.25) is 0 Å². The summed E-state index contributed by atoms with van der Waals surface area (Å²) in [5, 5.41) is 0. The normalized spacial score (nSPS) is 8.64. The minimum absolute atomic E-state index is 0. The third kappa shape index (κ3) is 2.36. The Kier molecular flexibility index (Phi) is 4.49. The molecule has 0 radical (unpaired) electrons. The second kappa shape index (κ2) is 4.59. The van der Waals surface area contributed by atoms with Gasteiger partial charge >= 0.3 is 0 Å². The van der Waals surface area contributed by atoms with E-state index in [4.69, 9.17) is 5.84 Å². The van der Waals surface area contributed by atoms with Crippen molar-refractivity contribution in [3.05, 3.63) is 28.2 Å². The molecule has 0 aliphatic rings. The molecule has 1 aromatic carbocycles. The van der Waals surface area contributed by atoms with Gasteiger partial charge in [-0.05, 0) is 34.5 Å². The molecule has 0 saturated carbocycles. The van der Waals surface area contributed by atoms with Crippen LogP contribution in [0.5, 0.6) is 0 Å². The van der Waals surface area contributed by atoms with Crippen molar-refractivity contribution >= 4 is 34.0 Å². The molecular formula is C7H10BrClN2. The van der Waals surface area contributed by atoms with Crippen LogP contribution in [-0.2, 0) is 0 Å². The average molecular weight is 238 g/mol. The molecule has 0 unspecified atom stereocenters. The van der Waals surface area contributed by atoms with Gasteiger partial charge in [-0.15, -0.1) is 12.4 Å². The fourth-order valence-electron chi connectivity index (χ4n) is 0.759. The van der Waals surface area contributed by atoms with Crippen LogP contribution in [0, 0.1) is 6.92 Å². The van der Waals surface area contributed by atoms with Gasteiger partial charge in [-0.25, -0.2) is 0 Å². The summed E-state index contributed by atoms with van der Waals surface area (Å²) in [6.45, 7) is 2.02. The second-order valence-corrected chi connectivity index (χ2v) is 2.87. The van der Waals surface area contributed by atoms with Crippen LogP contribution in [0.1, 0.15) is 5.56 Å². The minimum Gasteiger partial charge on any atom is -0.323 e. The van der Waals surface area contributed by atoms with Crippen molar-refractivity contribution in [1.29, 1.82) is 0 Å². The number of nitrogens with two attached hydrogens (primary N) is 1. The van der Waals surface area contributed by atoms with Crippen LogP contribution < -0.4 is 11.3 Å². The monoisotopic (exact) mass is 236 g/mol. The zero-order chi connectivity index (χ0) is 7.56. The molecule has 11 heavy (non-hydrogen) atoms. The molecular weight excluding hydrogens is 227 g/mol. The van der Waals surface area contributed by atoms with E-state index in [2.05, 4.69) is 21.4 Å². The topological polar surface area (TPSA) is 38.0 Å². The predicted molar refractivity (Wildman–Crippen MR) is 53.9 cm³/mol. The van der Waals surface area contributed by atoms with Crippen LogP contribution in [0.4, 0.5) is 5.69 Å². The number of hydrogen-bond donors (Lipinski definition) is 2. The van der Waals surface area contributed by atoms with Crippen LogP contribution >= 0.6 is 28.3 Å². The zero-order valence-corrected chi connectivity index (χ0v) is 8.50. The molecule has 4 heteroatoms. The van der Waals surface area contributed by atoms with Crippen molar-refractivity contribution in [2.24, 2.45) is 5.84 Å². The lowest BCUT2D eigenvalue weighted by molar-refractivity contribution is 1.31. The quantitative estimate of drug-likeness (QED) is 0.582. The van der Waals surface area contributed by atoms with Gasteiger partial charge in [0, 0.05) is 4.47 Å². The van der Waals surface area contributed by atoms with E-state index in [-0.39, 0.29) is 12.4 Å². The lowest BCUT2D eigenvalue weighted by atomic mass is 10.2. The van der Waals surface area contributed by atoms with Gasteiger partial charge in [-0.1, -0.05) is 12.1 Å². The number of nitrogen functional groups attached to an aromatic ring is 1. The van der Waals surface area contributed by atoms with Crippen LogP contribution in [0.25, 0.3) is 0 Å². The first kappa shape index (κ1) is 10.8. The highest BCUT2D eigenvalue weighted by Gasteiger charge is 1.97. The van der Waals surface area contributed by atoms with E-state index in [1.54, 1.807) is 0 Å². The molecule has 62 valence electrons. The molecule has 1 aromatic rings. The summed E-state index contributed by atoms with van der Waals surface area (Å²) in [6, 6.07) is 5.89. The molecule has 0 spiro atoms. The molecule has 0 saturated heterocycles. The van der Waals surface area contributed by atoms with E-state index >= 15 is 0 Å². The molecule has 1 rings (SSSR count). The van der Waals surface area contributed by atoms with Crippen LogP contribution in [0.3, 0.4) is 0 Å². The number of nitrogens with one attached hydrogen (secondary N) is 1. The van der Waals surface area contributed by atoms with Crippen molar-refractivity contribution in [2.45, 2.75) is 6.92 Å². The molecule has 0 aliphatic carbocycles. The van der Waals surface area contributed by atoms with E-state index in [0.717, 1.165) is 10.2 Å². The van der Waals surface area contributed by atoms with Gasteiger partial charge in [-0.2, -0.15) is 0 Å². The molecule has 0 bridgehead atoms. The summed E-state index contributed by atoms with van der Waals surface area (Å²) in [5.41, 5.74) is 4.68.